The van der Waals surface area contributed by atoms with Crippen molar-refractivity contribution in [3.63, 3.8) is 0 Å². The number of carbonyl (C=O) groups is 1. The van der Waals surface area contributed by atoms with Gasteiger partial charge in [-0.1, -0.05) is 18.6 Å². The molecule has 3 saturated carbocycles. The predicted octanol–water partition coefficient (Wildman–Crippen LogP) is 5.24. The van der Waals surface area contributed by atoms with Crippen LogP contribution < -0.4 is 0 Å². The van der Waals surface area contributed by atoms with E-state index < -0.39 is 21.0 Å². The standard InChI is InChI=1S/C22H29F3O5S/c1-13(26)29-15-8-10-20(2)14(12-15)4-5-16-17-6-7-19(21(17,3)11-9-18(16)20)30-31(27,28)22(23,24)25/h6-7,14-16,18H,4-5,8-12H2,1-3H3/t14-,15-,16-,18-,20-,21-/m0/s1. The molecule has 0 aromatic heterocycles. The third-order valence-corrected chi connectivity index (χ3v) is 9.38. The number of esters is 1. The zero-order chi connectivity index (χ0) is 22.8. The van der Waals surface area contributed by atoms with Gasteiger partial charge in [-0.2, -0.15) is 21.6 Å². The second-order valence-corrected chi connectivity index (χ2v) is 11.5. The van der Waals surface area contributed by atoms with Gasteiger partial charge in [0.25, 0.3) is 0 Å². The fourth-order valence-corrected chi connectivity index (χ4v) is 7.38. The van der Waals surface area contributed by atoms with E-state index >= 15 is 0 Å². The Balaban J connectivity index is 1.53. The highest BCUT2D eigenvalue weighted by Crippen LogP contribution is 2.65. The number of halogens is 3. The van der Waals surface area contributed by atoms with Gasteiger partial charge in [-0.05, 0) is 81.1 Å². The number of hydrogen-bond donors (Lipinski definition) is 0. The minimum Gasteiger partial charge on any atom is -0.463 e. The molecule has 0 saturated heterocycles. The van der Waals surface area contributed by atoms with Crippen LogP contribution in [0, 0.1) is 28.6 Å². The summed E-state index contributed by atoms with van der Waals surface area (Å²) in [4.78, 5) is 11.4. The second-order valence-electron chi connectivity index (χ2n) is 10.0. The highest BCUT2D eigenvalue weighted by molar-refractivity contribution is 7.87. The lowest BCUT2D eigenvalue weighted by Gasteiger charge is -2.59. The molecule has 0 N–H and O–H groups in total. The van der Waals surface area contributed by atoms with Crippen LogP contribution in [-0.2, 0) is 23.8 Å². The van der Waals surface area contributed by atoms with Crippen molar-refractivity contribution in [3.8, 4) is 0 Å². The van der Waals surface area contributed by atoms with Crippen LogP contribution in [0.5, 0.6) is 0 Å². The summed E-state index contributed by atoms with van der Waals surface area (Å²) in [6.07, 6.45) is 8.98. The molecular formula is C22H29F3O5S. The van der Waals surface area contributed by atoms with E-state index in [0.717, 1.165) is 44.1 Å². The summed E-state index contributed by atoms with van der Waals surface area (Å²) < 4.78 is 71.9. The first-order valence-electron chi connectivity index (χ1n) is 10.9. The summed E-state index contributed by atoms with van der Waals surface area (Å²) in [5.41, 5.74) is -5.20. The molecule has 0 unspecified atom stereocenters. The number of allylic oxidation sites excluding steroid dienone is 3. The Bertz CT molecular complexity index is 937. The molecule has 31 heavy (non-hydrogen) atoms. The average molecular weight is 463 g/mol. The second kappa shape index (κ2) is 7.25. The van der Waals surface area contributed by atoms with Crippen molar-refractivity contribution in [2.24, 2.45) is 28.6 Å². The van der Waals surface area contributed by atoms with Gasteiger partial charge in [0.15, 0.2) is 0 Å². The van der Waals surface area contributed by atoms with Gasteiger partial charge in [0.05, 0.1) is 0 Å². The molecule has 6 atom stereocenters. The van der Waals surface area contributed by atoms with Crippen molar-refractivity contribution in [2.75, 3.05) is 0 Å². The van der Waals surface area contributed by atoms with Gasteiger partial charge in [0.2, 0.25) is 0 Å². The van der Waals surface area contributed by atoms with Crippen LogP contribution in [0.15, 0.2) is 23.5 Å². The lowest BCUT2D eigenvalue weighted by Crippen LogP contribution is -2.52. The molecular weight excluding hydrogens is 433 g/mol. The zero-order valence-electron chi connectivity index (χ0n) is 18.0. The van der Waals surface area contributed by atoms with Gasteiger partial charge in [0.1, 0.15) is 11.9 Å². The smallest absolute Gasteiger partial charge is 0.463 e. The molecule has 0 aliphatic heterocycles. The van der Waals surface area contributed by atoms with E-state index in [1.54, 1.807) is 13.0 Å². The van der Waals surface area contributed by atoms with E-state index in [1.165, 1.54) is 13.0 Å². The maximum Gasteiger partial charge on any atom is 0.534 e. The summed E-state index contributed by atoms with van der Waals surface area (Å²) in [5.74, 6) is 0.628. The summed E-state index contributed by atoms with van der Waals surface area (Å²) in [6.45, 7) is 5.53. The predicted molar refractivity (Wildman–Crippen MR) is 107 cm³/mol. The van der Waals surface area contributed by atoms with Crippen molar-refractivity contribution >= 4 is 16.1 Å². The quantitative estimate of drug-likeness (QED) is 0.326. The minimum absolute atomic E-state index is 0.0408. The number of fused-ring (bicyclic) bond motifs is 5. The average Bonchev–Trinajstić information content (AvgIpc) is 2.96. The van der Waals surface area contributed by atoms with Crippen LogP contribution >= 0.6 is 0 Å². The zero-order valence-corrected chi connectivity index (χ0v) is 18.8. The maximum atomic E-state index is 12.9. The van der Waals surface area contributed by atoms with Crippen molar-refractivity contribution in [1.29, 1.82) is 0 Å². The van der Waals surface area contributed by atoms with Gasteiger partial charge in [-0.15, -0.1) is 0 Å². The van der Waals surface area contributed by atoms with E-state index in [1.807, 2.05) is 0 Å². The van der Waals surface area contributed by atoms with Crippen molar-refractivity contribution < 1.29 is 35.3 Å². The third kappa shape index (κ3) is 3.60. The first-order valence-corrected chi connectivity index (χ1v) is 12.3. The molecule has 4 aliphatic rings. The largest absolute Gasteiger partial charge is 0.534 e. The molecule has 0 radical (unpaired) electrons. The van der Waals surface area contributed by atoms with Crippen molar-refractivity contribution in [3.05, 3.63) is 23.5 Å². The van der Waals surface area contributed by atoms with Gasteiger partial charge in [-0.3, -0.25) is 4.79 Å². The summed E-state index contributed by atoms with van der Waals surface area (Å²) in [7, 11) is -5.69. The minimum atomic E-state index is -5.69. The fourth-order valence-electron chi connectivity index (χ4n) is 6.81. The molecule has 9 heteroatoms. The van der Waals surface area contributed by atoms with Gasteiger partial charge >= 0.3 is 21.6 Å². The highest BCUT2D eigenvalue weighted by Gasteiger charge is 2.58. The molecule has 174 valence electrons. The molecule has 0 heterocycles. The Morgan fingerprint density at radius 3 is 2.45 bits per heavy atom. The van der Waals surface area contributed by atoms with Gasteiger partial charge in [-0.25, -0.2) is 0 Å². The maximum absolute atomic E-state index is 12.9. The monoisotopic (exact) mass is 462 g/mol. The first-order chi connectivity index (χ1) is 14.3. The Kier molecular flexibility index (Phi) is 5.30. The third-order valence-electron chi connectivity index (χ3n) is 8.41. The summed E-state index contributed by atoms with van der Waals surface area (Å²) in [5, 5.41) is 0. The van der Waals surface area contributed by atoms with Crippen LogP contribution in [0.25, 0.3) is 0 Å². The molecule has 0 aromatic rings. The Labute approximate surface area is 181 Å². The number of rotatable bonds is 3. The molecule has 5 nitrogen and oxygen atoms in total. The fraction of sp³-hybridized carbons (Fsp3) is 0.773. The Morgan fingerprint density at radius 2 is 1.81 bits per heavy atom. The van der Waals surface area contributed by atoms with Crippen molar-refractivity contribution in [2.45, 2.75) is 77.3 Å². The van der Waals surface area contributed by atoms with E-state index in [9.17, 15) is 26.4 Å². The SMILES string of the molecule is CC(=O)O[C@H]1CC[C@@]2(C)[C@@H](CC[C@H]3C4=CC=C(OS(=O)(=O)C(F)(F)F)[C@@]4(C)CC[C@@H]32)C1. The van der Waals surface area contributed by atoms with E-state index in [4.69, 9.17) is 4.74 Å². The molecule has 0 amide bonds. The van der Waals surface area contributed by atoms with Gasteiger partial charge in [0, 0.05) is 12.3 Å². The van der Waals surface area contributed by atoms with Crippen LogP contribution in [0.4, 0.5) is 13.2 Å². The van der Waals surface area contributed by atoms with E-state index in [-0.39, 0.29) is 29.2 Å². The summed E-state index contributed by atoms with van der Waals surface area (Å²) in [6, 6.07) is 0. The molecule has 0 aromatic carbocycles. The number of carbonyl (C=O) groups excluding carboxylic acids is 1. The van der Waals surface area contributed by atoms with E-state index in [2.05, 4.69) is 11.1 Å². The Morgan fingerprint density at radius 1 is 1.10 bits per heavy atom. The first kappa shape index (κ1) is 22.7. The van der Waals surface area contributed by atoms with Gasteiger partial charge < -0.3 is 8.92 Å². The van der Waals surface area contributed by atoms with Crippen LogP contribution in [0.2, 0.25) is 0 Å². The molecule has 4 aliphatic carbocycles. The van der Waals surface area contributed by atoms with Crippen molar-refractivity contribution in [1.82, 2.24) is 0 Å². The van der Waals surface area contributed by atoms with Crippen LogP contribution in [0.1, 0.15) is 65.7 Å². The Hall–Kier alpha value is -1.51. The molecule has 0 spiro atoms. The molecule has 0 bridgehead atoms. The highest BCUT2D eigenvalue weighted by atomic mass is 32.2. The lowest BCUT2D eigenvalue weighted by molar-refractivity contribution is -0.154. The normalized spacial score (nSPS) is 40.1. The van der Waals surface area contributed by atoms with Crippen LogP contribution in [-0.4, -0.2) is 26.0 Å². The number of ether oxygens (including phenoxy) is 1. The molecule has 3 fully saturated rings. The lowest BCUT2D eigenvalue weighted by atomic mass is 9.46. The number of alkyl halides is 3. The topological polar surface area (TPSA) is 69.7 Å². The summed E-state index contributed by atoms with van der Waals surface area (Å²) >= 11 is 0. The van der Waals surface area contributed by atoms with Crippen LogP contribution in [0.3, 0.4) is 0 Å². The number of hydrogen-bond acceptors (Lipinski definition) is 5. The van der Waals surface area contributed by atoms with E-state index in [0.29, 0.717) is 18.3 Å². The molecule has 4 rings (SSSR count).